The first-order valence-corrected chi connectivity index (χ1v) is 7.79. The second kappa shape index (κ2) is 5.25. The lowest BCUT2D eigenvalue weighted by molar-refractivity contribution is -0.126. The molecule has 3 N–H and O–H groups in total. The van der Waals surface area contributed by atoms with Crippen molar-refractivity contribution in [3.8, 4) is 0 Å². The van der Waals surface area contributed by atoms with Crippen molar-refractivity contribution in [2.45, 2.75) is 37.8 Å². The number of benzene rings is 1. The van der Waals surface area contributed by atoms with E-state index in [0.717, 1.165) is 29.7 Å². The molecule has 0 radical (unpaired) electrons. The molecule has 1 aromatic carbocycles. The molecule has 0 bridgehead atoms. The van der Waals surface area contributed by atoms with Crippen LogP contribution >= 0.6 is 0 Å². The molecule has 1 amide bonds. The summed E-state index contributed by atoms with van der Waals surface area (Å²) in [5.41, 5.74) is 4.45. The van der Waals surface area contributed by atoms with Gasteiger partial charge in [-0.3, -0.25) is 9.89 Å². The van der Waals surface area contributed by atoms with E-state index in [1.807, 2.05) is 30.5 Å². The van der Waals surface area contributed by atoms with Crippen LogP contribution in [0.25, 0.3) is 0 Å². The van der Waals surface area contributed by atoms with Gasteiger partial charge in [0.25, 0.3) is 0 Å². The number of amides is 1. The Labute approximate surface area is 128 Å². The van der Waals surface area contributed by atoms with Crippen LogP contribution in [0.3, 0.4) is 0 Å². The van der Waals surface area contributed by atoms with E-state index < -0.39 is 6.10 Å². The molecule has 0 fully saturated rings. The van der Waals surface area contributed by atoms with Gasteiger partial charge in [-0.2, -0.15) is 5.10 Å². The first-order chi connectivity index (χ1) is 10.7. The maximum absolute atomic E-state index is 12.6. The Kier molecular flexibility index (Phi) is 3.22. The zero-order valence-electron chi connectivity index (χ0n) is 12.2. The number of rotatable bonds is 2. The van der Waals surface area contributed by atoms with Gasteiger partial charge in [-0.05, 0) is 29.5 Å². The predicted molar refractivity (Wildman–Crippen MR) is 81.1 cm³/mol. The summed E-state index contributed by atoms with van der Waals surface area (Å²) in [4.78, 5) is 12.6. The van der Waals surface area contributed by atoms with Crippen molar-refractivity contribution in [2.75, 3.05) is 0 Å². The second-order valence-corrected chi connectivity index (χ2v) is 6.27. The number of carbonyl (C=O) groups excluding carboxylic acids is 1. The molecule has 5 heteroatoms. The predicted octanol–water partition coefficient (Wildman–Crippen LogP) is 1.29. The summed E-state index contributed by atoms with van der Waals surface area (Å²) in [6.07, 6.45) is 4.34. The van der Waals surface area contributed by atoms with Gasteiger partial charge in [0.2, 0.25) is 5.91 Å². The number of nitrogens with one attached hydrogen (secondary N) is 2. The molecule has 1 aromatic heterocycles. The van der Waals surface area contributed by atoms with E-state index >= 15 is 0 Å². The molecule has 2 aliphatic rings. The average Bonchev–Trinajstić information content (AvgIpc) is 3.11. The number of nitrogens with zero attached hydrogens (tertiary/aromatic N) is 1. The summed E-state index contributed by atoms with van der Waals surface area (Å²) < 4.78 is 0. The number of hydrogen-bond donors (Lipinski definition) is 3. The van der Waals surface area contributed by atoms with E-state index in [4.69, 9.17) is 0 Å². The Hall–Kier alpha value is -2.14. The summed E-state index contributed by atoms with van der Waals surface area (Å²) in [5, 5.41) is 20.3. The highest BCUT2D eigenvalue weighted by Gasteiger charge is 2.34. The monoisotopic (exact) mass is 297 g/mol. The summed E-state index contributed by atoms with van der Waals surface area (Å²) in [7, 11) is 0. The van der Waals surface area contributed by atoms with Gasteiger partial charge in [0.05, 0.1) is 18.3 Å². The minimum Gasteiger partial charge on any atom is -0.390 e. The lowest BCUT2D eigenvalue weighted by Gasteiger charge is -2.24. The van der Waals surface area contributed by atoms with Gasteiger partial charge >= 0.3 is 0 Å². The maximum Gasteiger partial charge on any atom is 0.224 e. The number of aryl methyl sites for hydroxylation is 1. The van der Waals surface area contributed by atoms with Gasteiger partial charge < -0.3 is 10.4 Å². The van der Waals surface area contributed by atoms with E-state index in [9.17, 15) is 9.90 Å². The van der Waals surface area contributed by atoms with E-state index in [2.05, 4.69) is 15.5 Å². The van der Waals surface area contributed by atoms with Crippen molar-refractivity contribution in [3.63, 3.8) is 0 Å². The summed E-state index contributed by atoms with van der Waals surface area (Å²) in [5.74, 6) is -0.0195. The number of aromatic amines is 1. The van der Waals surface area contributed by atoms with Crippen molar-refractivity contribution >= 4 is 5.91 Å². The average molecular weight is 297 g/mol. The molecule has 3 unspecified atom stereocenters. The zero-order chi connectivity index (χ0) is 15.1. The van der Waals surface area contributed by atoms with E-state index in [0.29, 0.717) is 12.8 Å². The molecule has 2 aliphatic carbocycles. The number of aromatic nitrogens is 2. The van der Waals surface area contributed by atoms with Gasteiger partial charge in [0.15, 0.2) is 0 Å². The molecule has 0 aliphatic heterocycles. The fourth-order valence-electron chi connectivity index (χ4n) is 3.65. The molecule has 0 spiro atoms. The van der Waals surface area contributed by atoms with Gasteiger partial charge in [-0.25, -0.2) is 0 Å². The van der Waals surface area contributed by atoms with E-state index in [-0.39, 0.29) is 17.9 Å². The van der Waals surface area contributed by atoms with Crippen LogP contribution in [-0.4, -0.2) is 27.3 Å². The van der Waals surface area contributed by atoms with E-state index in [1.165, 1.54) is 5.56 Å². The van der Waals surface area contributed by atoms with Gasteiger partial charge in [0.1, 0.15) is 0 Å². The zero-order valence-corrected chi connectivity index (χ0v) is 12.2. The third-order valence-electron chi connectivity index (χ3n) is 4.89. The standard InChI is InChI=1S/C17H19N3O2/c21-15-8-10-3-1-2-4-13(10)16(15)19-17(22)11-5-6-12-9-18-20-14(12)7-11/h1-4,9,11,15-16,21H,5-8H2,(H,18,20)(H,19,22). The summed E-state index contributed by atoms with van der Waals surface area (Å²) in [6.45, 7) is 0. The van der Waals surface area contributed by atoms with Crippen molar-refractivity contribution in [1.29, 1.82) is 0 Å². The van der Waals surface area contributed by atoms with Crippen LogP contribution in [0.1, 0.15) is 34.8 Å². The first-order valence-electron chi connectivity index (χ1n) is 7.79. The Morgan fingerprint density at radius 1 is 1.27 bits per heavy atom. The van der Waals surface area contributed by atoms with Crippen LogP contribution < -0.4 is 5.32 Å². The summed E-state index contributed by atoms with van der Waals surface area (Å²) in [6, 6.07) is 7.64. The van der Waals surface area contributed by atoms with Crippen molar-refractivity contribution in [3.05, 3.63) is 52.8 Å². The topological polar surface area (TPSA) is 78.0 Å². The van der Waals surface area contributed by atoms with Crippen LogP contribution in [-0.2, 0) is 24.1 Å². The Morgan fingerprint density at radius 3 is 3.05 bits per heavy atom. The molecular formula is C17H19N3O2. The number of carbonyl (C=O) groups is 1. The SMILES string of the molecule is O=C(NC1c2ccccc2CC1O)C1CCc2cn[nH]c2C1. The lowest BCUT2D eigenvalue weighted by atomic mass is 9.87. The normalized spacial score (nSPS) is 26.3. The van der Waals surface area contributed by atoms with Gasteiger partial charge in [-0.15, -0.1) is 0 Å². The lowest BCUT2D eigenvalue weighted by Crippen LogP contribution is -2.39. The van der Waals surface area contributed by atoms with Crippen LogP contribution in [0, 0.1) is 5.92 Å². The highest BCUT2D eigenvalue weighted by Crippen LogP contribution is 2.32. The quantitative estimate of drug-likeness (QED) is 0.781. The highest BCUT2D eigenvalue weighted by atomic mass is 16.3. The smallest absolute Gasteiger partial charge is 0.224 e. The molecule has 114 valence electrons. The molecule has 22 heavy (non-hydrogen) atoms. The van der Waals surface area contributed by atoms with E-state index in [1.54, 1.807) is 0 Å². The van der Waals surface area contributed by atoms with Crippen LogP contribution in [0.4, 0.5) is 0 Å². The molecular weight excluding hydrogens is 278 g/mol. The van der Waals surface area contributed by atoms with Gasteiger partial charge in [0, 0.05) is 24.5 Å². The van der Waals surface area contributed by atoms with Crippen LogP contribution in [0.2, 0.25) is 0 Å². The number of aliphatic hydroxyl groups is 1. The molecule has 0 saturated carbocycles. The fraction of sp³-hybridized carbons (Fsp3) is 0.412. The molecule has 2 aromatic rings. The third kappa shape index (κ3) is 2.22. The first kappa shape index (κ1) is 13.5. The minimum atomic E-state index is -0.535. The second-order valence-electron chi connectivity index (χ2n) is 6.27. The number of hydrogen-bond acceptors (Lipinski definition) is 3. The Bertz CT molecular complexity index is 709. The highest BCUT2D eigenvalue weighted by molar-refractivity contribution is 5.80. The van der Waals surface area contributed by atoms with Crippen molar-refractivity contribution in [1.82, 2.24) is 15.5 Å². The minimum absolute atomic E-state index is 0.0287. The molecule has 3 atom stereocenters. The molecule has 4 rings (SSSR count). The number of fused-ring (bicyclic) bond motifs is 2. The van der Waals surface area contributed by atoms with Crippen molar-refractivity contribution in [2.24, 2.45) is 5.92 Å². The largest absolute Gasteiger partial charge is 0.390 e. The van der Waals surface area contributed by atoms with Gasteiger partial charge in [-0.1, -0.05) is 24.3 Å². The number of aliphatic hydroxyl groups excluding tert-OH is 1. The van der Waals surface area contributed by atoms with Crippen molar-refractivity contribution < 1.29 is 9.90 Å². The Balaban J connectivity index is 1.49. The molecule has 0 saturated heterocycles. The molecule has 1 heterocycles. The molecule has 5 nitrogen and oxygen atoms in total. The number of H-pyrrole nitrogens is 1. The summed E-state index contributed by atoms with van der Waals surface area (Å²) >= 11 is 0. The third-order valence-corrected chi connectivity index (χ3v) is 4.89. The van der Waals surface area contributed by atoms with Crippen LogP contribution in [0.15, 0.2) is 30.5 Å². The Morgan fingerprint density at radius 2 is 2.14 bits per heavy atom. The fourth-order valence-corrected chi connectivity index (χ4v) is 3.65. The maximum atomic E-state index is 12.6. The van der Waals surface area contributed by atoms with Crippen LogP contribution in [0.5, 0.6) is 0 Å².